The van der Waals surface area contributed by atoms with Gasteiger partial charge >= 0.3 is 0 Å². The first-order valence-electron chi connectivity index (χ1n) is 22.2. The maximum absolute atomic E-state index is 8.63. The lowest BCUT2D eigenvalue weighted by Gasteiger charge is -2.13. The average molecular weight is 785 g/mol. The molecule has 0 aliphatic carbocycles. The summed E-state index contributed by atoms with van der Waals surface area (Å²) < 4.78 is 39.7. The summed E-state index contributed by atoms with van der Waals surface area (Å²) in [4.78, 5) is 6.66. The van der Waals surface area contributed by atoms with Crippen molar-refractivity contribution in [3.63, 3.8) is 0 Å². The van der Waals surface area contributed by atoms with Crippen LogP contribution in [0.3, 0.4) is 0 Å². The molecule has 0 N–H and O–H groups in total. The van der Waals surface area contributed by atoms with E-state index in [1.54, 1.807) is 0 Å². The molecule has 0 unspecified atom stereocenters. The Morgan fingerprint density at radius 2 is 0.951 bits per heavy atom. The maximum atomic E-state index is 8.63. The van der Waals surface area contributed by atoms with Gasteiger partial charge in [-0.15, -0.1) is 0 Å². The topological polar surface area (TPSA) is 39.1 Å². The molecular formula is C55H35N5O. The Hall–Kier alpha value is -8.09. The molecule has 0 spiro atoms. The number of hydrogen-bond acceptors (Lipinski definition) is 3. The van der Waals surface area contributed by atoms with Gasteiger partial charge in [0, 0.05) is 72.5 Å². The predicted molar refractivity (Wildman–Crippen MR) is 254 cm³/mol. The molecule has 13 aromatic rings. The second-order valence-electron chi connectivity index (χ2n) is 16.2. The van der Waals surface area contributed by atoms with E-state index in [-0.39, 0.29) is 6.67 Å². The molecule has 1 aliphatic rings. The van der Waals surface area contributed by atoms with Crippen LogP contribution in [0.4, 0.5) is 5.69 Å². The highest BCUT2D eigenvalue weighted by atomic mass is 16.5. The fraction of sp³-hybridized carbons (Fsp3) is 0.0364. The Kier molecular flexibility index (Phi) is 5.90. The van der Waals surface area contributed by atoms with Gasteiger partial charge in [0.05, 0.1) is 51.0 Å². The number of anilines is 1. The van der Waals surface area contributed by atoms with Crippen LogP contribution < -0.4 is 9.64 Å². The van der Waals surface area contributed by atoms with E-state index in [0.29, 0.717) is 17.2 Å². The van der Waals surface area contributed by atoms with Crippen LogP contribution >= 0.6 is 0 Å². The second kappa shape index (κ2) is 12.0. The van der Waals surface area contributed by atoms with Crippen molar-refractivity contribution in [3.8, 4) is 11.5 Å². The van der Waals surface area contributed by atoms with E-state index in [1.165, 1.54) is 21.2 Å². The molecule has 8 aromatic carbocycles. The van der Waals surface area contributed by atoms with Gasteiger partial charge < -0.3 is 18.6 Å². The standard InChI is InChI=1S/C55H35N5O/c1-57-32-58-50-30-33(25-27-40(50)37-14-4-2-12-35(37)36-13-3-5-15-38(36)42-19-9-23-48(57)53(42)58)61-34-26-28-41-44-20-10-24-49-54(44)60(51(41)31-34)55-46(21-11-29-56-55)45-18-8-17-43-39-16-6-7-22-47(39)59(49)52(43)45/h2-31H,32H2,1H3/i1D3. The summed E-state index contributed by atoms with van der Waals surface area (Å²) >= 11 is 0. The molecule has 61 heavy (non-hydrogen) atoms. The van der Waals surface area contributed by atoms with E-state index in [0.717, 1.165) is 92.6 Å². The molecule has 0 saturated heterocycles. The molecule has 6 nitrogen and oxygen atoms in total. The Bertz CT molecular complexity index is 4270. The largest absolute Gasteiger partial charge is 0.457 e. The van der Waals surface area contributed by atoms with Crippen LogP contribution in [-0.2, 0) is 6.67 Å². The Morgan fingerprint density at radius 1 is 0.426 bits per heavy atom. The molecular weight excluding hydrogens is 747 g/mol. The van der Waals surface area contributed by atoms with Crippen molar-refractivity contribution in [1.29, 1.82) is 0 Å². The Morgan fingerprint density at radius 3 is 1.70 bits per heavy atom. The van der Waals surface area contributed by atoms with Gasteiger partial charge in [0.1, 0.15) is 17.1 Å². The molecule has 14 rings (SSSR count). The molecule has 0 bridgehead atoms. The van der Waals surface area contributed by atoms with Crippen LogP contribution in [-0.4, -0.2) is 25.3 Å². The van der Waals surface area contributed by atoms with Crippen molar-refractivity contribution in [3.05, 3.63) is 182 Å². The van der Waals surface area contributed by atoms with Gasteiger partial charge in [0.25, 0.3) is 0 Å². The third-order valence-electron chi connectivity index (χ3n) is 13.0. The zero-order chi connectivity index (χ0) is 42.4. The quantitative estimate of drug-likeness (QED) is 0.175. The van der Waals surface area contributed by atoms with Crippen LogP contribution in [0, 0.1) is 0 Å². The fourth-order valence-electron chi connectivity index (χ4n) is 10.6. The lowest BCUT2D eigenvalue weighted by Crippen LogP contribution is -2.14. The summed E-state index contributed by atoms with van der Waals surface area (Å²) in [6.07, 6.45) is 1.88. The van der Waals surface area contributed by atoms with Crippen LogP contribution in [0.15, 0.2) is 182 Å². The highest BCUT2D eigenvalue weighted by Crippen LogP contribution is 2.43. The van der Waals surface area contributed by atoms with Gasteiger partial charge in [0.15, 0.2) is 0 Å². The lowest BCUT2D eigenvalue weighted by molar-refractivity contribution is 0.484. The van der Waals surface area contributed by atoms with E-state index in [9.17, 15) is 0 Å². The molecule has 286 valence electrons. The zero-order valence-electron chi connectivity index (χ0n) is 35.7. The minimum Gasteiger partial charge on any atom is -0.457 e. The zero-order valence-corrected chi connectivity index (χ0v) is 32.7. The van der Waals surface area contributed by atoms with Crippen LogP contribution in [0.1, 0.15) is 4.11 Å². The first-order chi connectivity index (χ1) is 31.4. The highest BCUT2D eigenvalue weighted by Gasteiger charge is 2.22. The lowest BCUT2D eigenvalue weighted by atomic mass is 10.0. The number of rotatable bonds is 2. The average Bonchev–Trinajstić information content (AvgIpc) is 4.00. The minimum atomic E-state index is -2.36. The van der Waals surface area contributed by atoms with Gasteiger partial charge in [0.2, 0.25) is 0 Å². The fourth-order valence-corrected chi connectivity index (χ4v) is 10.6. The van der Waals surface area contributed by atoms with Crippen LogP contribution in [0.2, 0.25) is 0 Å². The summed E-state index contributed by atoms with van der Waals surface area (Å²) in [6, 6.07) is 61.4. The van der Waals surface area contributed by atoms with Gasteiger partial charge in [-0.05, 0) is 76.1 Å². The van der Waals surface area contributed by atoms with Crippen molar-refractivity contribution in [2.75, 3.05) is 11.9 Å². The number of pyridine rings is 1. The van der Waals surface area contributed by atoms with E-state index in [1.807, 2.05) is 36.5 Å². The molecule has 6 heterocycles. The van der Waals surface area contributed by atoms with Crippen molar-refractivity contribution < 1.29 is 8.85 Å². The summed E-state index contributed by atoms with van der Waals surface area (Å²) in [6.45, 7) is -2.21. The van der Waals surface area contributed by atoms with Crippen molar-refractivity contribution in [1.82, 2.24) is 18.4 Å². The molecule has 5 aromatic heterocycles. The molecule has 0 saturated carbocycles. The van der Waals surface area contributed by atoms with E-state index >= 15 is 0 Å². The molecule has 6 heteroatoms. The minimum absolute atomic E-state index is 0.149. The molecule has 0 atom stereocenters. The number of benzene rings is 8. The third-order valence-corrected chi connectivity index (χ3v) is 13.0. The van der Waals surface area contributed by atoms with Gasteiger partial charge in [-0.25, -0.2) is 4.98 Å². The van der Waals surface area contributed by atoms with E-state index < -0.39 is 6.98 Å². The summed E-state index contributed by atoms with van der Waals surface area (Å²) in [5.74, 6) is 1.31. The van der Waals surface area contributed by atoms with E-state index in [4.69, 9.17) is 13.8 Å². The first kappa shape index (κ1) is 30.0. The summed E-state index contributed by atoms with van der Waals surface area (Å²) in [5.41, 5.74) is 8.72. The summed E-state index contributed by atoms with van der Waals surface area (Å²) in [7, 11) is 0. The Labute approximate surface area is 352 Å². The van der Waals surface area contributed by atoms with Crippen molar-refractivity contribution in [2.24, 2.45) is 0 Å². The number of fused-ring (bicyclic) bond motifs is 17. The maximum Gasteiger partial charge on any atom is 0.145 e. The number of nitrogens with zero attached hydrogens (tertiary/aromatic N) is 5. The molecule has 0 radical (unpaired) electrons. The smallest absolute Gasteiger partial charge is 0.145 e. The number of para-hydroxylation sites is 4. The number of ether oxygens (including phenoxy) is 1. The number of hydrogen-bond donors (Lipinski definition) is 0. The van der Waals surface area contributed by atoms with Crippen molar-refractivity contribution in [2.45, 2.75) is 6.67 Å². The normalized spacial score (nSPS) is 13.8. The van der Waals surface area contributed by atoms with Crippen molar-refractivity contribution >= 4 is 115 Å². The summed E-state index contributed by atoms with van der Waals surface area (Å²) in [5, 5.41) is 13.1. The SMILES string of the molecule is [2H]C([2H])([2H])N1Cn2c3cc(Oc4ccc5c6cccc7c6n(c5c4)c4ncccc4c4cccc5c6ccccc6n7c54)ccc3c3ccccc3c3ccccc3c3cccc1c32. The molecule has 1 aliphatic heterocycles. The van der Waals surface area contributed by atoms with Crippen LogP contribution in [0.5, 0.6) is 11.5 Å². The van der Waals surface area contributed by atoms with Gasteiger partial charge in [-0.3, -0.25) is 4.40 Å². The monoisotopic (exact) mass is 784 g/mol. The van der Waals surface area contributed by atoms with Gasteiger partial charge in [-0.2, -0.15) is 0 Å². The second-order valence-corrected chi connectivity index (χ2v) is 16.2. The third kappa shape index (κ3) is 4.38. The number of aromatic nitrogens is 4. The molecule has 0 fully saturated rings. The molecule has 0 amide bonds. The highest BCUT2D eigenvalue weighted by molar-refractivity contribution is 6.24. The van der Waals surface area contributed by atoms with Gasteiger partial charge in [-0.1, -0.05) is 109 Å². The van der Waals surface area contributed by atoms with E-state index in [2.05, 4.69) is 159 Å². The first-order valence-corrected chi connectivity index (χ1v) is 20.7. The predicted octanol–water partition coefficient (Wildman–Crippen LogP) is 14.1. The Balaban J connectivity index is 1.06. The van der Waals surface area contributed by atoms with Crippen LogP contribution in [0.25, 0.3) is 109 Å².